The van der Waals surface area contributed by atoms with E-state index in [1.807, 2.05) is 13.0 Å². The fourth-order valence-corrected chi connectivity index (χ4v) is 2.22. The molecule has 2 N–H and O–H groups in total. The van der Waals surface area contributed by atoms with E-state index in [9.17, 15) is 0 Å². The second kappa shape index (κ2) is 5.19. The van der Waals surface area contributed by atoms with Gasteiger partial charge in [-0.2, -0.15) is 0 Å². The zero-order valence-electron chi connectivity index (χ0n) is 11.0. The van der Waals surface area contributed by atoms with Crippen LogP contribution in [0.1, 0.15) is 20.8 Å². The Labute approximate surface area is 104 Å². The third-order valence-electron chi connectivity index (χ3n) is 3.25. The summed E-state index contributed by atoms with van der Waals surface area (Å²) < 4.78 is 5.21. The van der Waals surface area contributed by atoms with Crippen LogP contribution < -0.4 is 5.73 Å². The average molecular weight is 237 g/mol. The van der Waals surface area contributed by atoms with E-state index in [0.29, 0.717) is 18.0 Å². The maximum absolute atomic E-state index is 5.76. The van der Waals surface area contributed by atoms with Crippen molar-refractivity contribution in [3.63, 3.8) is 0 Å². The number of nitrogens with two attached hydrogens (primary N) is 1. The van der Waals surface area contributed by atoms with Crippen molar-refractivity contribution in [1.29, 1.82) is 0 Å². The largest absolute Gasteiger partial charge is 0.402 e. The second-order valence-electron chi connectivity index (χ2n) is 5.38. The number of aliphatic imine (C=N–C) groups is 1. The predicted molar refractivity (Wildman–Crippen MR) is 70.2 cm³/mol. The molecule has 2 fully saturated rings. The zero-order valence-corrected chi connectivity index (χ0v) is 11.0. The van der Waals surface area contributed by atoms with E-state index in [1.165, 1.54) is 0 Å². The lowest BCUT2D eigenvalue weighted by Crippen LogP contribution is -2.60. The molecule has 2 aliphatic rings. The first-order valence-electron chi connectivity index (χ1n) is 6.39. The molecule has 0 aromatic rings. The van der Waals surface area contributed by atoms with Crippen LogP contribution in [0.25, 0.3) is 0 Å². The number of allylic oxidation sites excluding steroid dienone is 2. The smallest absolute Gasteiger partial charge is 0.0645 e. The van der Waals surface area contributed by atoms with Crippen LogP contribution in [0.5, 0.6) is 0 Å². The molecule has 0 atom stereocenters. The summed E-state index contributed by atoms with van der Waals surface area (Å²) in [6.45, 7) is 10.1. The van der Waals surface area contributed by atoms with Gasteiger partial charge in [0.25, 0.3) is 0 Å². The maximum Gasteiger partial charge on any atom is 0.0645 e. The SMILES string of the molecule is CC(N)=CC(=NC(C)C)C1CN(C2COC2)C1. The summed E-state index contributed by atoms with van der Waals surface area (Å²) in [6.07, 6.45) is 2.03. The lowest BCUT2D eigenvalue weighted by molar-refractivity contribution is -0.0923. The number of ether oxygens (including phenoxy) is 1. The van der Waals surface area contributed by atoms with Crippen molar-refractivity contribution in [2.75, 3.05) is 26.3 Å². The summed E-state index contributed by atoms with van der Waals surface area (Å²) in [5, 5.41) is 0. The van der Waals surface area contributed by atoms with Gasteiger partial charge >= 0.3 is 0 Å². The Morgan fingerprint density at radius 1 is 1.41 bits per heavy atom. The standard InChI is InChI=1S/C13H23N3O/c1-9(2)15-13(4-10(3)14)11-5-16(6-11)12-7-17-8-12/h4,9,11-12H,5-8,14H2,1-3H3. The van der Waals surface area contributed by atoms with Gasteiger partial charge in [-0.15, -0.1) is 0 Å². The minimum atomic E-state index is 0.335. The number of likely N-dealkylation sites (tertiary alicyclic amines) is 1. The van der Waals surface area contributed by atoms with Gasteiger partial charge in [0.2, 0.25) is 0 Å². The first kappa shape index (κ1) is 12.6. The van der Waals surface area contributed by atoms with Crippen LogP contribution in [0, 0.1) is 5.92 Å². The van der Waals surface area contributed by atoms with Crippen LogP contribution in [0.2, 0.25) is 0 Å². The molecule has 4 heteroatoms. The molecule has 2 aliphatic heterocycles. The highest BCUT2D eigenvalue weighted by Crippen LogP contribution is 2.24. The van der Waals surface area contributed by atoms with Gasteiger partial charge in [0.15, 0.2) is 0 Å². The molecule has 96 valence electrons. The fourth-order valence-electron chi connectivity index (χ4n) is 2.22. The van der Waals surface area contributed by atoms with Crippen molar-refractivity contribution < 1.29 is 4.74 Å². The minimum Gasteiger partial charge on any atom is -0.402 e. The molecule has 0 aromatic carbocycles. The summed E-state index contributed by atoms with van der Waals surface area (Å²) in [5.74, 6) is 0.552. The van der Waals surface area contributed by atoms with E-state index in [1.54, 1.807) is 0 Å². The highest BCUT2D eigenvalue weighted by Gasteiger charge is 2.37. The first-order valence-corrected chi connectivity index (χ1v) is 6.39. The molecule has 2 rings (SSSR count). The molecule has 0 radical (unpaired) electrons. The van der Waals surface area contributed by atoms with Gasteiger partial charge in [0, 0.05) is 36.5 Å². The minimum absolute atomic E-state index is 0.335. The molecule has 0 aliphatic carbocycles. The molecular weight excluding hydrogens is 214 g/mol. The highest BCUT2D eigenvalue weighted by atomic mass is 16.5. The van der Waals surface area contributed by atoms with E-state index in [-0.39, 0.29) is 0 Å². The Balaban J connectivity index is 1.92. The number of rotatable bonds is 4. The van der Waals surface area contributed by atoms with Crippen LogP contribution in [-0.2, 0) is 4.74 Å². The van der Waals surface area contributed by atoms with Crippen molar-refractivity contribution >= 4 is 5.71 Å². The molecule has 0 saturated carbocycles. The number of nitrogens with zero attached hydrogens (tertiary/aromatic N) is 2. The highest BCUT2D eigenvalue weighted by molar-refractivity contribution is 5.98. The van der Waals surface area contributed by atoms with Gasteiger partial charge < -0.3 is 10.5 Å². The van der Waals surface area contributed by atoms with Crippen LogP contribution >= 0.6 is 0 Å². The summed E-state index contributed by atoms with van der Waals surface area (Å²) in [7, 11) is 0. The first-order chi connectivity index (χ1) is 8.06. The van der Waals surface area contributed by atoms with E-state index < -0.39 is 0 Å². The van der Waals surface area contributed by atoms with E-state index in [4.69, 9.17) is 10.5 Å². The monoisotopic (exact) mass is 237 g/mol. The normalized spacial score (nSPS) is 24.9. The molecule has 2 heterocycles. The Kier molecular flexibility index (Phi) is 3.84. The zero-order chi connectivity index (χ0) is 12.4. The van der Waals surface area contributed by atoms with E-state index in [0.717, 1.165) is 37.7 Å². The van der Waals surface area contributed by atoms with Crippen LogP contribution in [0.3, 0.4) is 0 Å². The van der Waals surface area contributed by atoms with Gasteiger partial charge in [-0.25, -0.2) is 0 Å². The lowest BCUT2D eigenvalue weighted by atomic mass is 9.91. The topological polar surface area (TPSA) is 50.8 Å². The van der Waals surface area contributed by atoms with Crippen LogP contribution in [-0.4, -0.2) is 49.0 Å². The lowest BCUT2D eigenvalue weighted by Gasteiger charge is -2.47. The van der Waals surface area contributed by atoms with Crippen molar-refractivity contribution in [1.82, 2.24) is 4.90 Å². The molecule has 4 nitrogen and oxygen atoms in total. The van der Waals surface area contributed by atoms with Crippen LogP contribution in [0.15, 0.2) is 16.8 Å². The summed E-state index contributed by atoms with van der Waals surface area (Å²) >= 11 is 0. The van der Waals surface area contributed by atoms with Gasteiger partial charge in [-0.05, 0) is 26.8 Å². The van der Waals surface area contributed by atoms with Gasteiger partial charge in [0.1, 0.15) is 0 Å². The van der Waals surface area contributed by atoms with E-state index >= 15 is 0 Å². The van der Waals surface area contributed by atoms with E-state index in [2.05, 4.69) is 23.7 Å². The Hall–Kier alpha value is -0.870. The molecule has 0 spiro atoms. The quantitative estimate of drug-likeness (QED) is 0.743. The number of hydrogen-bond acceptors (Lipinski definition) is 4. The fraction of sp³-hybridized carbons (Fsp3) is 0.769. The van der Waals surface area contributed by atoms with Crippen LogP contribution in [0.4, 0.5) is 0 Å². The molecule has 0 unspecified atom stereocenters. The van der Waals surface area contributed by atoms with Crippen molar-refractivity contribution in [2.45, 2.75) is 32.9 Å². The molecule has 0 aromatic heterocycles. The molecule has 17 heavy (non-hydrogen) atoms. The van der Waals surface area contributed by atoms with Crippen molar-refractivity contribution in [2.24, 2.45) is 16.6 Å². The van der Waals surface area contributed by atoms with Gasteiger partial charge in [-0.3, -0.25) is 9.89 Å². The third kappa shape index (κ3) is 3.07. The van der Waals surface area contributed by atoms with Gasteiger partial charge in [0.05, 0.1) is 19.3 Å². The Bertz CT molecular complexity index is 322. The van der Waals surface area contributed by atoms with Crippen molar-refractivity contribution in [3.05, 3.63) is 11.8 Å². The summed E-state index contributed by atoms with van der Waals surface area (Å²) in [6, 6.07) is 0.983. The molecule has 0 amide bonds. The summed E-state index contributed by atoms with van der Waals surface area (Å²) in [4.78, 5) is 7.15. The molecule has 2 saturated heterocycles. The molecular formula is C13H23N3O. The van der Waals surface area contributed by atoms with Gasteiger partial charge in [-0.1, -0.05) is 0 Å². The number of hydrogen-bond donors (Lipinski definition) is 1. The Morgan fingerprint density at radius 2 is 2.06 bits per heavy atom. The second-order valence-corrected chi connectivity index (χ2v) is 5.38. The average Bonchev–Trinajstić information content (AvgIpc) is 2.03. The maximum atomic E-state index is 5.76. The van der Waals surface area contributed by atoms with Crippen molar-refractivity contribution in [3.8, 4) is 0 Å². The summed E-state index contributed by atoms with van der Waals surface area (Å²) in [5.41, 5.74) is 7.77. The molecule has 0 bridgehead atoms. The predicted octanol–water partition coefficient (Wildman–Crippen LogP) is 1.03. The third-order valence-corrected chi connectivity index (χ3v) is 3.25. The Morgan fingerprint density at radius 3 is 2.47 bits per heavy atom.